The summed E-state index contributed by atoms with van der Waals surface area (Å²) in [6.45, 7) is 0. The summed E-state index contributed by atoms with van der Waals surface area (Å²) in [6, 6.07) is 26.3. The van der Waals surface area contributed by atoms with E-state index in [0.717, 1.165) is 9.14 Å². The Bertz CT molecular complexity index is 2140. The van der Waals surface area contributed by atoms with Crippen molar-refractivity contribution >= 4 is 80.8 Å². The summed E-state index contributed by atoms with van der Waals surface area (Å²) in [6.07, 6.45) is 2.41. The molecule has 8 nitrogen and oxygen atoms in total. The maximum atomic E-state index is 15.3. The zero-order valence-electron chi connectivity index (χ0n) is 26.6. The largest absolute Gasteiger partial charge is 0.503 e. The number of fused-ring (bicyclic) bond motifs is 4. The van der Waals surface area contributed by atoms with Crippen molar-refractivity contribution in [2.45, 2.75) is 24.2 Å². The summed E-state index contributed by atoms with van der Waals surface area (Å²) in [5, 5.41) is 11.1. The van der Waals surface area contributed by atoms with Crippen LogP contribution in [-0.2, 0) is 24.6 Å². The highest BCUT2D eigenvalue weighted by atomic mass is 127. The average molecular weight is 819 g/mol. The van der Waals surface area contributed by atoms with Crippen LogP contribution in [0.1, 0.15) is 29.9 Å². The van der Waals surface area contributed by atoms with Crippen LogP contribution in [0.5, 0.6) is 11.5 Å². The Kier molecular flexibility index (Phi) is 8.08. The van der Waals surface area contributed by atoms with Crippen LogP contribution in [-0.4, -0.2) is 35.8 Å². The van der Waals surface area contributed by atoms with Gasteiger partial charge in [-0.25, -0.2) is 4.90 Å². The van der Waals surface area contributed by atoms with Gasteiger partial charge in [0.05, 0.1) is 46.7 Å². The fraction of sp³-hybridized carbons (Fsp3) is 0.231. The lowest BCUT2D eigenvalue weighted by atomic mass is 9.49. The number of carbonyl (C=O) groups excluding carboxylic acids is 4. The minimum absolute atomic E-state index is 0.0102. The number of ether oxygens (including phenoxy) is 1. The van der Waals surface area contributed by atoms with Gasteiger partial charge in [-0.3, -0.25) is 24.1 Å². The molecule has 2 aliphatic carbocycles. The summed E-state index contributed by atoms with van der Waals surface area (Å²) in [4.78, 5) is 61.2. The molecule has 4 amide bonds. The first kappa shape index (κ1) is 33.0. The number of allylic oxidation sites excluding steroid dienone is 2. The molecule has 2 aliphatic heterocycles. The van der Waals surface area contributed by atoms with E-state index in [4.69, 9.17) is 27.9 Å². The molecule has 3 fully saturated rings. The van der Waals surface area contributed by atoms with E-state index in [-0.39, 0.29) is 41.2 Å². The molecular formula is C39H29Cl2IN2O6. The summed E-state index contributed by atoms with van der Waals surface area (Å²) >= 11 is 15.2. The lowest BCUT2D eigenvalue weighted by Crippen LogP contribution is -2.53. The predicted octanol–water partition coefficient (Wildman–Crippen LogP) is 7.68. The molecule has 0 bridgehead atoms. The molecule has 4 aliphatic rings. The number of amides is 4. The van der Waals surface area contributed by atoms with Crippen LogP contribution in [0.25, 0.3) is 0 Å². The monoisotopic (exact) mass is 818 g/mol. The van der Waals surface area contributed by atoms with E-state index in [2.05, 4.69) is 22.6 Å². The number of hydrogen-bond acceptors (Lipinski definition) is 6. The van der Waals surface area contributed by atoms with Crippen LogP contribution in [0.2, 0.25) is 10.0 Å². The van der Waals surface area contributed by atoms with Crippen LogP contribution in [0, 0.1) is 27.2 Å². The predicted molar refractivity (Wildman–Crippen MR) is 197 cm³/mol. The highest BCUT2D eigenvalue weighted by Gasteiger charge is 2.70. The third kappa shape index (κ3) is 4.69. The van der Waals surface area contributed by atoms with Crippen LogP contribution in [0.3, 0.4) is 0 Å². The highest BCUT2D eigenvalue weighted by Crippen LogP contribution is 2.65. The molecule has 1 N–H and O–H groups in total. The van der Waals surface area contributed by atoms with Gasteiger partial charge in [0.15, 0.2) is 11.5 Å². The Morgan fingerprint density at radius 3 is 2.26 bits per heavy atom. The lowest BCUT2D eigenvalue weighted by Gasteiger charge is -2.50. The highest BCUT2D eigenvalue weighted by molar-refractivity contribution is 14.1. The Morgan fingerprint density at radius 2 is 1.56 bits per heavy atom. The van der Waals surface area contributed by atoms with Gasteiger partial charge >= 0.3 is 0 Å². The maximum Gasteiger partial charge on any atom is 0.246 e. The van der Waals surface area contributed by atoms with Gasteiger partial charge in [0.2, 0.25) is 23.6 Å². The number of phenols is 1. The summed E-state index contributed by atoms with van der Waals surface area (Å²) in [5.41, 5.74) is 1.28. The fourth-order valence-corrected chi connectivity index (χ4v) is 9.64. The molecule has 252 valence electrons. The van der Waals surface area contributed by atoms with Crippen molar-refractivity contribution in [2.24, 2.45) is 23.7 Å². The third-order valence-electron chi connectivity index (χ3n) is 10.9. The number of halogens is 3. The standard InChI is InChI=1S/C39H29Cl2IN2O6/c1-50-31-17-20(16-30(41)34(31)45)33-26-14-15-27-32(37(48)43(35(27)46)24-12-10-23(42)11-13-24)28(26)19-29-36(47)44(25-9-5-8-22(40)18-25)38(49)39(29,33)21-6-3-2-4-7-21/h2-14,16-18,27-29,32-33,45H,15,19H2,1H3. The first-order chi connectivity index (χ1) is 24.1. The van der Waals surface area contributed by atoms with Crippen molar-refractivity contribution in [3.8, 4) is 11.5 Å². The second-order valence-corrected chi connectivity index (χ2v) is 15.2. The van der Waals surface area contributed by atoms with Gasteiger partial charge in [-0.15, -0.1) is 0 Å². The zero-order valence-corrected chi connectivity index (χ0v) is 30.2. The molecule has 0 aromatic heterocycles. The van der Waals surface area contributed by atoms with Crippen LogP contribution in [0.4, 0.5) is 11.4 Å². The molecule has 8 rings (SSSR count). The van der Waals surface area contributed by atoms with E-state index in [0.29, 0.717) is 27.5 Å². The first-order valence-corrected chi connectivity index (χ1v) is 18.0. The van der Waals surface area contributed by atoms with Crippen molar-refractivity contribution < 1.29 is 29.0 Å². The summed E-state index contributed by atoms with van der Waals surface area (Å²) in [5.74, 6) is -5.32. The van der Waals surface area contributed by atoms with Gasteiger partial charge in [-0.05, 0) is 107 Å². The molecule has 0 radical (unpaired) electrons. The average Bonchev–Trinajstić information content (AvgIpc) is 3.50. The molecule has 6 unspecified atom stereocenters. The number of hydrogen-bond donors (Lipinski definition) is 1. The van der Waals surface area contributed by atoms with Crippen molar-refractivity contribution in [3.05, 3.63) is 127 Å². The summed E-state index contributed by atoms with van der Waals surface area (Å²) in [7, 11) is 1.41. The van der Waals surface area contributed by atoms with Gasteiger partial charge in [0, 0.05) is 14.5 Å². The number of nitrogens with zero attached hydrogens (tertiary/aromatic N) is 2. The number of aromatic hydroxyl groups is 1. The molecular weight excluding hydrogens is 790 g/mol. The summed E-state index contributed by atoms with van der Waals surface area (Å²) < 4.78 is 6.50. The second-order valence-electron chi connectivity index (χ2n) is 13.1. The van der Waals surface area contributed by atoms with Crippen molar-refractivity contribution in [2.75, 3.05) is 16.9 Å². The van der Waals surface area contributed by atoms with Gasteiger partial charge in [0.25, 0.3) is 0 Å². The molecule has 2 heterocycles. The minimum atomic E-state index is -1.48. The van der Waals surface area contributed by atoms with E-state index in [1.807, 2.05) is 48.5 Å². The van der Waals surface area contributed by atoms with E-state index >= 15 is 4.79 Å². The van der Waals surface area contributed by atoms with Crippen molar-refractivity contribution in [3.63, 3.8) is 0 Å². The molecule has 4 aromatic rings. The first-order valence-electron chi connectivity index (χ1n) is 16.2. The van der Waals surface area contributed by atoms with Crippen molar-refractivity contribution in [1.29, 1.82) is 0 Å². The minimum Gasteiger partial charge on any atom is -0.503 e. The third-order valence-corrected chi connectivity index (χ3v) is 12.1. The molecule has 0 spiro atoms. The maximum absolute atomic E-state index is 15.3. The quantitative estimate of drug-likeness (QED) is 0.126. The van der Waals surface area contributed by atoms with E-state index in [1.54, 1.807) is 48.5 Å². The number of rotatable bonds is 5. The van der Waals surface area contributed by atoms with Gasteiger partial charge in [0.1, 0.15) is 0 Å². The smallest absolute Gasteiger partial charge is 0.246 e. The van der Waals surface area contributed by atoms with Crippen molar-refractivity contribution in [1.82, 2.24) is 0 Å². The van der Waals surface area contributed by atoms with Gasteiger partial charge in [-0.2, -0.15) is 0 Å². The number of anilines is 2. The van der Waals surface area contributed by atoms with Gasteiger partial charge < -0.3 is 9.84 Å². The molecule has 6 atom stereocenters. The van der Waals surface area contributed by atoms with Crippen LogP contribution in [0.15, 0.2) is 103 Å². The molecule has 1 saturated carbocycles. The molecule has 11 heteroatoms. The Labute approximate surface area is 311 Å². The fourth-order valence-electron chi connectivity index (χ4n) is 8.88. The number of carbonyl (C=O) groups is 4. The Balaban J connectivity index is 1.37. The van der Waals surface area contributed by atoms with Gasteiger partial charge in [-0.1, -0.05) is 71.2 Å². The Hall–Kier alpha value is -4.19. The lowest BCUT2D eigenvalue weighted by molar-refractivity contribution is -0.127. The zero-order chi connectivity index (χ0) is 35.1. The second kappa shape index (κ2) is 12.2. The van der Waals surface area contributed by atoms with Crippen LogP contribution < -0.4 is 14.5 Å². The molecule has 50 heavy (non-hydrogen) atoms. The normalized spacial score (nSPS) is 27.2. The van der Waals surface area contributed by atoms with E-state index in [1.165, 1.54) is 16.9 Å². The van der Waals surface area contributed by atoms with E-state index in [9.17, 15) is 19.5 Å². The SMILES string of the molecule is COc1cc(C2C3=CCC4C(=O)N(c5ccc(I)cc5)C(=O)C4C3CC3C(=O)N(c4cccc(Cl)c4)C(=O)C32c2ccccc2)cc(Cl)c1O. The molecule has 2 saturated heterocycles. The topological polar surface area (TPSA) is 104 Å². The number of methoxy groups -OCH3 is 1. The van der Waals surface area contributed by atoms with Crippen LogP contribution >= 0.6 is 45.8 Å². The molecule has 4 aromatic carbocycles. The number of phenolic OH excluding ortho intramolecular Hbond substituents is 1. The number of imide groups is 2. The number of benzene rings is 4. The Morgan fingerprint density at radius 1 is 0.820 bits per heavy atom. The van der Waals surface area contributed by atoms with E-state index < -0.39 is 46.8 Å².